The number of hydrogen-bond acceptors (Lipinski definition) is 6. The van der Waals surface area contributed by atoms with Crippen molar-refractivity contribution in [1.82, 2.24) is 0 Å². The molecule has 9 nitrogen and oxygen atoms in total. The van der Waals surface area contributed by atoms with E-state index in [4.69, 9.17) is 5.53 Å². The zero-order valence-electron chi connectivity index (χ0n) is 13.2. The smallest absolute Gasteiger partial charge is 0.312 e. The van der Waals surface area contributed by atoms with Gasteiger partial charge >= 0.3 is 7.60 Å². The number of sulfonamides is 1. The van der Waals surface area contributed by atoms with E-state index >= 15 is 0 Å². The molecule has 1 rings (SSSR count). The van der Waals surface area contributed by atoms with Crippen LogP contribution in [0, 0.1) is 6.92 Å². The summed E-state index contributed by atoms with van der Waals surface area (Å²) in [5, 5.41) is 0. The van der Waals surface area contributed by atoms with Crippen LogP contribution in [-0.2, 0) is 28.4 Å². The molecule has 0 atom stereocenters. The fourth-order valence-electron chi connectivity index (χ4n) is 1.28. The molecular weight excluding hydrogens is 345 g/mol. The number of hydrogen-bond donors (Lipinski definition) is 0. The monoisotopic (exact) mass is 363 g/mol. The van der Waals surface area contributed by atoms with Gasteiger partial charge in [0.05, 0.1) is 4.90 Å². The summed E-state index contributed by atoms with van der Waals surface area (Å²) < 4.78 is 45.1. The lowest BCUT2D eigenvalue weighted by atomic mass is 10.2. The Morgan fingerprint density at radius 2 is 1.74 bits per heavy atom. The zero-order chi connectivity index (χ0) is 18.1. The average molecular weight is 363 g/mol. The first-order valence-corrected chi connectivity index (χ1v) is 9.35. The minimum Gasteiger partial charge on any atom is -0.312 e. The molecule has 0 aliphatic rings. The van der Waals surface area contributed by atoms with E-state index in [1.165, 1.54) is 33.3 Å². The Kier molecular flexibility index (Phi) is 8.74. The number of ketones is 1. The van der Waals surface area contributed by atoms with Crippen molar-refractivity contribution >= 4 is 23.4 Å². The molecule has 0 N–H and O–H groups in total. The van der Waals surface area contributed by atoms with Crippen molar-refractivity contribution in [3.05, 3.63) is 40.3 Å². The van der Waals surface area contributed by atoms with E-state index in [2.05, 4.69) is 18.5 Å². The van der Waals surface area contributed by atoms with Gasteiger partial charge in [-0.15, -0.1) is 0 Å². The Hall–Kier alpha value is -1.70. The van der Waals surface area contributed by atoms with Gasteiger partial charge in [0.1, 0.15) is 11.9 Å². The zero-order valence-corrected chi connectivity index (χ0v) is 14.9. The SMILES string of the molecule is COP(=O)(CC(C)=O)OC.Cc1ccc(S(=O)(=O)N=[N+]=[N-])cc1. The van der Waals surface area contributed by atoms with Gasteiger partial charge in [0.15, 0.2) is 0 Å². The third-order valence-corrected chi connectivity index (χ3v) is 5.54. The summed E-state index contributed by atoms with van der Waals surface area (Å²) in [4.78, 5) is 12.7. The van der Waals surface area contributed by atoms with E-state index in [-0.39, 0.29) is 16.8 Å². The summed E-state index contributed by atoms with van der Waals surface area (Å²) in [6, 6.07) is 6.08. The van der Waals surface area contributed by atoms with Gasteiger partial charge in [-0.1, -0.05) is 17.7 Å². The molecule has 0 unspecified atom stereocenters. The number of azide groups is 1. The van der Waals surface area contributed by atoms with Crippen LogP contribution in [0.2, 0.25) is 0 Å². The molecule has 23 heavy (non-hydrogen) atoms. The fourth-order valence-corrected chi connectivity index (χ4v) is 2.90. The molecule has 0 saturated heterocycles. The highest BCUT2D eigenvalue weighted by atomic mass is 32.2. The molecule has 0 spiro atoms. The highest BCUT2D eigenvalue weighted by Gasteiger charge is 2.22. The molecule has 0 aromatic heterocycles. The number of aryl methyl sites for hydroxylation is 1. The van der Waals surface area contributed by atoms with Crippen LogP contribution >= 0.6 is 7.60 Å². The van der Waals surface area contributed by atoms with E-state index in [0.29, 0.717) is 0 Å². The quantitative estimate of drug-likeness (QED) is 0.330. The standard InChI is InChI=1S/C7H7N3O2S.C5H11O4P/c1-6-2-4-7(5-3-6)13(11,12)10-9-8;1-5(6)4-10(7,8-2)9-3/h2-5H,1H3;4H2,1-3H3. The summed E-state index contributed by atoms with van der Waals surface area (Å²) in [5.41, 5.74) is 8.94. The third kappa shape index (κ3) is 7.92. The maximum atomic E-state index is 11.1. The van der Waals surface area contributed by atoms with Gasteiger partial charge < -0.3 is 9.05 Å². The van der Waals surface area contributed by atoms with Crippen LogP contribution in [0.3, 0.4) is 0 Å². The highest BCUT2D eigenvalue weighted by Crippen LogP contribution is 2.45. The number of nitrogens with zero attached hydrogens (tertiary/aromatic N) is 3. The first-order chi connectivity index (χ1) is 10.6. The van der Waals surface area contributed by atoms with Crippen molar-refractivity contribution in [2.45, 2.75) is 18.7 Å². The second-order valence-corrected chi connectivity index (χ2v) is 8.15. The van der Waals surface area contributed by atoms with Crippen LogP contribution in [0.4, 0.5) is 0 Å². The maximum Gasteiger partial charge on any atom is 0.337 e. The molecule has 1 aromatic rings. The summed E-state index contributed by atoms with van der Waals surface area (Å²) in [6.45, 7) is 3.18. The molecule has 11 heteroatoms. The number of carbonyl (C=O) groups is 1. The molecule has 0 bridgehead atoms. The molecule has 128 valence electrons. The van der Waals surface area contributed by atoms with Gasteiger partial charge in [-0.25, -0.2) is 8.42 Å². The number of rotatable bonds is 6. The maximum absolute atomic E-state index is 11.1. The Bertz CT molecular complexity index is 718. The van der Waals surface area contributed by atoms with Crippen molar-refractivity contribution in [3.63, 3.8) is 0 Å². The molecule has 0 fully saturated rings. The van der Waals surface area contributed by atoms with Crippen LogP contribution in [0.5, 0.6) is 0 Å². The van der Waals surface area contributed by atoms with Crippen molar-refractivity contribution in [1.29, 1.82) is 0 Å². The van der Waals surface area contributed by atoms with Gasteiger partial charge in [0.2, 0.25) is 0 Å². The van der Waals surface area contributed by atoms with Gasteiger partial charge in [-0.2, -0.15) is 0 Å². The van der Waals surface area contributed by atoms with Crippen molar-refractivity contribution in [2.24, 2.45) is 4.52 Å². The molecule has 0 heterocycles. The Labute approximate surface area is 134 Å². The van der Waals surface area contributed by atoms with Gasteiger partial charge in [-0.05, 0) is 31.5 Å². The number of benzene rings is 1. The highest BCUT2D eigenvalue weighted by molar-refractivity contribution is 7.90. The van der Waals surface area contributed by atoms with Crippen LogP contribution in [-0.4, -0.2) is 34.6 Å². The van der Waals surface area contributed by atoms with E-state index < -0.39 is 17.6 Å². The second-order valence-electron chi connectivity index (χ2n) is 4.30. The predicted molar refractivity (Wildman–Crippen MR) is 84.7 cm³/mol. The van der Waals surface area contributed by atoms with Gasteiger partial charge in [0, 0.05) is 23.7 Å². The van der Waals surface area contributed by atoms with Crippen LogP contribution < -0.4 is 0 Å². The first kappa shape index (κ1) is 21.3. The first-order valence-electron chi connectivity index (χ1n) is 6.18. The average Bonchev–Trinajstić information content (AvgIpc) is 2.47. The minimum absolute atomic E-state index is 0.0101. The molecule has 0 saturated carbocycles. The van der Waals surface area contributed by atoms with Crippen LogP contribution in [0.15, 0.2) is 33.7 Å². The summed E-state index contributed by atoms with van der Waals surface area (Å²) in [6.07, 6.45) is -0.153. The lowest BCUT2D eigenvalue weighted by Crippen LogP contribution is -2.02. The molecule has 0 aliphatic carbocycles. The Morgan fingerprint density at radius 1 is 1.26 bits per heavy atom. The van der Waals surface area contributed by atoms with Crippen LogP contribution in [0.1, 0.15) is 12.5 Å². The van der Waals surface area contributed by atoms with Gasteiger partial charge in [0.25, 0.3) is 10.0 Å². The third-order valence-electron chi connectivity index (χ3n) is 2.44. The van der Waals surface area contributed by atoms with Crippen molar-refractivity contribution in [3.8, 4) is 0 Å². The van der Waals surface area contributed by atoms with E-state index in [1.807, 2.05) is 6.92 Å². The molecule has 0 radical (unpaired) electrons. The molecule has 0 aliphatic heterocycles. The summed E-state index contributed by atoms with van der Waals surface area (Å²) in [5.74, 6) is -0.202. The predicted octanol–water partition coefficient (Wildman–Crippen LogP) is 3.06. The number of carbonyl (C=O) groups excluding carboxylic acids is 1. The summed E-state index contributed by atoms with van der Waals surface area (Å²) >= 11 is 0. The van der Waals surface area contributed by atoms with Gasteiger partial charge in [-0.3, -0.25) is 9.36 Å². The summed E-state index contributed by atoms with van der Waals surface area (Å²) in [7, 11) is -4.39. The normalized spacial score (nSPS) is 11.0. The number of Topliss-reactive ketones (excluding diaryl/α,β-unsaturated/α-hetero) is 1. The lowest BCUT2D eigenvalue weighted by Gasteiger charge is -2.10. The lowest BCUT2D eigenvalue weighted by molar-refractivity contribution is -0.114. The van der Waals surface area contributed by atoms with Crippen molar-refractivity contribution < 1.29 is 26.8 Å². The van der Waals surface area contributed by atoms with E-state index in [1.54, 1.807) is 12.1 Å². The largest absolute Gasteiger partial charge is 0.337 e. The van der Waals surface area contributed by atoms with E-state index in [9.17, 15) is 17.8 Å². The second kappa shape index (κ2) is 9.44. The van der Waals surface area contributed by atoms with Crippen molar-refractivity contribution in [2.75, 3.05) is 20.4 Å². The molecular formula is C12H18N3O6PS. The molecule has 1 aromatic carbocycles. The van der Waals surface area contributed by atoms with Crippen LogP contribution in [0.25, 0.3) is 10.4 Å². The Balaban J connectivity index is 0.000000438. The fraction of sp³-hybridized carbons (Fsp3) is 0.417. The topological polar surface area (TPSA) is 136 Å². The van der Waals surface area contributed by atoms with E-state index in [0.717, 1.165) is 5.56 Å². The molecule has 0 amide bonds. The Morgan fingerprint density at radius 3 is 2.04 bits per heavy atom. The minimum atomic E-state index is -3.82.